The van der Waals surface area contributed by atoms with Gasteiger partial charge >= 0.3 is 0 Å². The average Bonchev–Trinajstić information content (AvgIpc) is 3.01. The van der Waals surface area contributed by atoms with Crippen molar-refractivity contribution in [3.63, 3.8) is 0 Å². The Morgan fingerprint density at radius 2 is 1.03 bits per heavy atom. The van der Waals surface area contributed by atoms with E-state index in [4.69, 9.17) is 9.97 Å². The second kappa shape index (κ2) is 9.42. The van der Waals surface area contributed by atoms with Gasteiger partial charge in [-0.3, -0.25) is 0 Å². The zero-order chi connectivity index (χ0) is 25.3. The molecule has 2 heteroatoms. The number of hydrogen-bond donors (Lipinski definition) is 0. The molecule has 2 nitrogen and oxygen atoms in total. The maximum Gasteiger partial charge on any atom is 0.0716 e. The van der Waals surface area contributed by atoms with Crippen LogP contribution in [0.1, 0.15) is 0 Å². The predicted octanol–water partition coefficient (Wildman–Crippen LogP) is 9.45. The quantitative estimate of drug-likeness (QED) is 0.249. The van der Waals surface area contributed by atoms with Crippen molar-refractivity contribution in [2.75, 3.05) is 0 Å². The molecule has 0 N–H and O–H groups in total. The molecule has 0 amide bonds. The Morgan fingerprint density at radius 1 is 0.342 bits per heavy atom. The maximum absolute atomic E-state index is 5.07. The maximum atomic E-state index is 5.07. The van der Waals surface area contributed by atoms with Crippen LogP contribution in [0.25, 0.3) is 66.6 Å². The molecule has 0 spiro atoms. The number of nitrogens with zero attached hydrogens (tertiary/aromatic N) is 2. The van der Waals surface area contributed by atoms with Crippen LogP contribution in [0, 0.1) is 0 Å². The molecule has 2 aromatic heterocycles. The summed E-state index contributed by atoms with van der Waals surface area (Å²) in [6.45, 7) is 0. The average molecular weight is 485 g/mol. The zero-order valence-corrected chi connectivity index (χ0v) is 20.8. The molecule has 0 unspecified atom stereocenters. The lowest BCUT2D eigenvalue weighted by Gasteiger charge is -2.13. The van der Waals surface area contributed by atoms with Gasteiger partial charge in [-0.05, 0) is 58.7 Å². The fourth-order valence-electron chi connectivity index (χ4n) is 5.10. The van der Waals surface area contributed by atoms with Gasteiger partial charge in [-0.2, -0.15) is 0 Å². The molecule has 178 valence electrons. The minimum Gasteiger partial charge on any atom is -0.248 e. The van der Waals surface area contributed by atoms with Crippen LogP contribution in [0.4, 0.5) is 0 Å². The normalized spacial score (nSPS) is 11.2. The van der Waals surface area contributed by atoms with Gasteiger partial charge in [0, 0.05) is 21.9 Å². The highest BCUT2D eigenvalue weighted by Crippen LogP contribution is 2.36. The number of benzene rings is 5. The van der Waals surface area contributed by atoms with E-state index in [1.807, 2.05) is 18.2 Å². The summed E-state index contributed by atoms with van der Waals surface area (Å²) in [7, 11) is 0. The van der Waals surface area contributed by atoms with Crippen LogP contribution in [0.15, 0.2) is 146 Å². The number of para-hydroxylation sites is 1. The van der Waals surface area contributed by atoms with Crippen LogP contribution >= 0.6 is 0 Å². The molecular weight excluding hydrogens is 460 g/mol. The van der Waals surface area contributed by atoms with Crippen molar-refractivity contribution in [2.45, 2.75) is 0 Å². The molecule has 0 radical (unpaired) electrons. The Labute approximate surface area is 221 Å². The van der Waals surface area contributed by atoms with Crippen LogP contribution in [-0.2, 0) is 0 Å². The second-order valence-corrected chi connectivity index (χ2v) is 9.49. The van der Waals surface area contributed by atoms with Gasteiger partial charge < -0.3 is 0 Å². The molecule has 7 rings (SSSR count). The van der Waals surface area contributed by atoms with E-state index >= 15 is 0 Å². The molecule has 0 atom stereocenters. The molecule has 0 saturated heterocycles. The van der Waals surface area contributed by atoms with E-state index in [0.29, 0.717) is 0 Å². The van der Waals surface area contributed by atoms with Crippen molar-refractivity contribution < 1.29 is 0 Å². The molecule has 0 aliphatic rings. The Kier molecular flexibility index (Phi) is 5.49. The lowest BCUT2D eigenvalue weighted by Crippen LogP contribution is -1.92. The molecule has 38 heavy (non-hydrogen) atoms. The highest BCUT2D eigenvalue weighted by Gasteiger charge is 2.12. The summed E-state index contributed by atoms with van der Waals surface area (Å²) in [5, 5.41) is 2.28. The summed E-state index contributed by atoms with van der Waals surface area (Å²) < 4.78 is 0. The zero-order valence-electron chi connectivity index (χ0n) is 20.8. The van der Waals surface area contributed by atoms with Gasteiger partial charge in [0.25, 0.3) is 0 Å². The monoisotopic (exact) mass is 484 g/mol. The van der Waals surface area contributed by atoms with Crippen LogP contribution in [-0.4, -0.2) is 9.97 Å². The van der Waals surface area contributed by atoms with Crippen LogP contribution in [0.5, 0.6) is 0 Å². The van der Waals surface area contributed by atoms with E-state index in [1.165, 1.54) is 11.1 Å². The van der Waals surface area contributed by atoms with Crippen molar-refractivity contribution in [3.05, 3.63) is 146 Å². The highest BCUT2D eigenvalue weighted by molar-refractivity contribution is 5.99. The van der Waals surface area contributed by atoms with Crippen molar-refractivity contribution in [1.29, 1.82) is 0 Å². The number of pyridine rings is 2. The van der Waals surface area contributed by atoms with Crippen LogP contribution < -0.4 is 0 Å². The molecule has 0 bridgehead atoms. The lowest BCUT2D eigenvalue weighted by atomic mass is 9.94. The minimum absolute atomic E-state index is 0.967. The third kappa shape index (κ3) is 4.12. The fourth-order valence-corrected chi connectivity index (χ4v) is 5.10. The molecular formula is C36H24N2. The van der Waals surface area contributed by atoms with E-state index in [9.17, 15) is 0 Å². The molecule has 0 fully saturated rings. The van der Waals surface area contributed by atoms with Gasteiger partial charge in [0.1, 0.15) is 0 Å². The van der Waals surface area contributed by atoms with E-state index in [-0.39, 0.29) is 0 Å². The summed E-state index contributed by atoms with van der Waals surface area (Å²) >= 11 is 0. The summed E-state index contributed by atoms with van der Waals surface area (Å²) in [5.74, 6) is 0. The molecule has 5 aromatic carbocycles. The third-order valence-corrected chi connectivity index (χ3v) is 7.05. The SMILES string of the molecule is c1ccc(-c2ccc3nc(-c4ccccc4)cc(-c4cccc(-c5ccc6ccccc6n5)c4)c3c2)cc1. The van der Waals surface area contributed by atoms with Crippen molar-refractivity contribution in [1.82, 2.24) is 9.97 Å². The summed E-state index contributed by atoms with van der Waals surface area (Å²) in [4.78, 5) is 10.0. The topological polar surface area (TPSA) is 25.8 Å². The summed E-state index contributed by atoms with van der Waals surface area (Å²) in [6.07, 6.45) is 0. The number of aromatic nitrogens is 2. The van der Waals surface area contributed by atoms with E-state index in [0.717, 1.165) is 55.4 Å². The smallest absolute Gasteiger partial charge is 0.0716 e. The molecule has 0 aliphatic carbocycles. The third-order valence-electron chi connectivity index (χ3n) is 7.05. The fraction of sp³-hybridized carbons (Fsp3) is 0. The van der Waals surface area contributed by atoms with Gasteiger partial charge in [-0.15, -0.1) is 0 Å². The second-order valence-electron chi connectivity index (χ2n) is 9.49. The molecule has 2 heterocycles. The predicted molar refractivity (Wildman–Crippen MR) is 159 cm³/mol. The first-order valence-corrected chi connectivity index (χ1v) is 12.8. The van der Waals surface area contributed by atoms with Gasteiger partial charge in [-0.25, -0.2) is 9.97 Å². The van der Waals surface area contributed by atoms with E-state index in [2.05, 4.69) is 127 Å². The van der Waals surface area contributed by atoms with Gasteiger partial charge in [0.2, 0.25) is 0 Å². The lowest BCUT2D eigenvalue weighted by molar-refractivity contribution is 1.39. The van der Waals surface area contributed by atoms with Crippen molar-refractivity contribution in [3.8, 4) is 44.8 Å². The molecule has 0 aliphatic heterocycles. The van der Waals surface area contributed by atoms with Crippen molar-refractivity contribution in [2.24, 2.45) is 0 Å². The number of hydrogen-bond acceptors (Lipinski definition) is 2. The van der Waals surface area contributed by atoms with Gasteiger partial charge in [0.05, 0.1) is 22.4 Å². The number of rotatable bonds is 4. The summed E-state index contributed by atoms with van der Waals surface area (Å²) in [6, 6.07) is 50.9. The molecule has 0 saturated carbocycles. The molecule has 7 aromatic rings. The summed E-state index contributed by atoms with van der Waals surface area (Å²) in [5.41, 5.74) is 10.8. The van der Waals surface area contributed by atoms with Crippen molar-refractivity contribution >= 4 is 21.8 Å². The first-order chi connectivity index (χ1) is 18.8. The highest BCUT2D eigenvalue weighted by atomic mass is 14.7. The van der Waals surface area contributed by atoms with E-state index in [1.54, 1.807) is 0 Å². The Balaban J connectivity index is 1.43. The largest absolute Gasteiger partial charge is 0.248 e. The van der Waals surface area contributed by atoms with Crippen LogP contribution in [0.2, 0.25) is 0 Å². The van der Waals surface area contributed by atoms with Gasteiger partial charge in [0.15, 0.2) is 0 Å². The first kappa shape index (κ1) is 22.1. The minimum atomic E-state index is 0.967. The Bertz CT molecular complexity index is 1910. The van der Waals surface area contributed by atoms with E-state index < -0.39 is 0 Å². The number of fused-ring (bicyclic) bond motifs is 2. The van der Waals surface area contributed by atoms with Gasteiger partial charge in [-0.1, -0.05) is 109 Å². The Morgan fingerprint density at radius 3 is 1.87 bits per heavy atom. The standard InChI is InChI=1S/C36H24N2/c1-3-10-25(11-4-1)28-19-21-35-32(23-28)31(24-36(38-35)26-12-5-2-6-13-26)29-15-9-16-30(22-29)34-20-18-27-14-7-8-17-33(27)37-34/h1-24H. The first-order valence-electron chi connectivity index (χ1n) is 12.8. The Hall–Kier alpha value is -5.08. The van der Waals surface area contributed by atoms with Crippen LogP contribution in [0.3, 0.4) is 0 Å².